The summed E-state index contributed by atoms with van der Waals surface area (Å²) in [6, 6.07) is 21.3. The van der Waals surface area contributed by atoms with E-state index in [1.165, 1.54) is 0 Å². The van der Waals surface area contributed by atoms with Crippen molar-refractivity contribution in [3.63, 3.8) is 0 Å². The van der Waals surface area contributed by atoms with Crippen molar-refractivity contribution in [1.82, 2.24) is 14.8 Å². The van der Waals surface area contributed by atoms with Crippen molar-refractivity contribution in [3.05, 3.63) is 95.3 Å². The Hall–Kier alpha value is -3.34. The van der Waals surface area contributed by atoms with Crippen molar-refractivity contribution >= 4 is 11.8 Å². The van der Waals surface area contributed by atoms with Crippen LogP contribution >= 0.6 is 0 Å². The number of amides is 2. The number of nitrogens with one attached hydrogen (secondary N) is 1. The molecule has 5 nitrogen and oxygen atoms in total. The van der Waals surface area contributed by atoms with Crippen LogP contribution in [-0.2, 0) is 13.1 Å². The van der Waals surface area contributed by atoms with E-state index in [4.69, 9.17) is 0 Å². The maximum Gasteiger partial charge on any atom is 0.268 e. The van der Waals surface area contributed by atoms with E-state index >= 15 is 0 Å². The minimum Gasteiger partial charge on any atom is -0.347 e. The van der Waals surface area contributed by atoms with Crippen LogP contribution in [0.15, 0.2) is 72.9 Å². The highest BCUT2D eigenvalue weighted by Crippen LogP contribution is 2.14. The van der Waals surface area contributed by atoms with Crippen LogP contribution in [-0.4, -0.2) is 34.4 Å². The highest BCUT2D eigenvalue weighted by molar-refractivity contribution is 5.95. The van der Waals surface area contributed by atoms with Crippen molar-refractivity contribution in [2.24, 2.45) is 0 Å². The molecule has 0 radical (unpaired) electrons. The fraction of sp³-hybridized carbons (Fsp3) is 0.250. The number of hydrogen-bond donors (Lipinski definition) is 1. The Bertz CT molecular complexity index is 988. The van der Waals surface area contributed by atoms with Gasteiger partial charge < -0.3 is 14.8 Å². The summed E-state index contributed by atoms with van der Waals surface area (Å²) in [5.74, 6) is -0.0467. The van der Waals surface area contributed by atoms with E-state index in [0.717, 1.165) is 37.1 Å². The smallest absolute Gasteiger partial charge is 0.268 e. The molecule has 0 unspecified atom stereocenters. The maximum atomic E-state index is 12.7. The van der Waals surface area contributed by atoms with E-state index in [1.807, 2.05) is 82.4 Å². The molecule has 0 aliphatic carbocycles. The van der Waals surface area contributed by atoms with Crippen molar-refractivity contribution < 1.29 is 9.59 Å². The Morgan fingerprint density at radius 3 is 2.41 bits per heavy atom. The van der Waals surface area contributed by atoms with Crippen LogP contribution in [0.3, 0.4) is 0 Å². The van der Waals surface area contributed by atoms with Crippen molar-refractivity contribution in [3.8, 4) is 0 Å². The Kier molecular flexibility index (Phi) is 5.75. The van der Waals surface area contributed by atoms with Crippen LogP contribution in [0, 0.1) is 0 Å². The highest BCUT2D eigenvalue weighted by Gasteiger charge is 2.19. The molecule has 3 aromatic rings. The molecule has 0 spiro atoms. The lowest BCUT2D eigenvalue weighted by atomic mass is 10.1. The molecule has 5 heteroatoms. The number of aromatic nitrogens is 1. The number of rotatable bonds is 6. The molecule has 1 aliphatic rings. The molecule has 2 aromatic carbocycles. The molecule has 1 N–H and O–H groups in total. The van der Waals surface area contributed by atoms with E-state index in [-0.39, 0.29) is 11.8 Å². The first-order chi connectivity index (χ1) is 14.2. The lowest BCUT2D eigenvalue weighted by Gasteiger charge is -2.16. The second-order valence-corrected chi connectivity index (χ2v) is 7.39. The van der Waals surface area contributed by atoms with Crippen molar-refractivity contribution in [2.75, 3.05) is 13.1 Å². The third-order valence-electron chi connectivity index (χ3n) is 5.28. The monoisotopic (exact) mass is 387 g/mol. The van der Waals surface area contributed by atoms with Gasteiger partial charge in [0.15, 0.2) is 0 Å². The normalized spacial score (nSPS) is 13.4. The van der Waals surface area contributed by atoms with Crippen LogP contribution in [0.2, 0.25) is 0 Å². The second kappa shape index (κ2) is 8.78. The molecule has 1 aliphatic heterocycles. The molecule has 29 heavy (non-hydrogen) atoms. The summed E-state index contributed by atoms with van der Waals surface area (Å²) in [5.41, 5.74) is 3.37. The molecule has 2 amide bonds. The van der Waals surface area contributed by atoms with Gasteiger partial charge in [-0.2, -0.15) is 0 Å². The van der Waals surface area contributed by atoms with Gasteiger partial charge in [-0.3, -0.25) is 9.59 Å². The molecule has 4 rings (SSSR count). The van der Waals surface area contributed by atoms with Crippen LogP contribution in [0.25, 0.3) is 0 Å². The average Bonchev–Trinajstić information content (AvgIpc) is 3.45. The molecule has 0 saturated carbocycles. The van der Waals surface area contributed by atoms with Gasteiger partial charge >= 0.3 is 0 Å². The first-order valence-electron chi connectivity index (χ1n) is 10.1. The van der Waals surface area contributed by atoms with E-state index in [1.54, 1.807) is 0 Å². The summed E-state index contributed by atoms with van der Waals surface area (Å²) in [6.45, 7) is 2.70. The van der Waals surface area contributed by atoms with Crippen LogP contribution < -0.4 is 5.32 Å². The Morgan fingerprint density at radius 2 is 1.62 bits per heavy atom. The number of carbonyl (C=O) groups is 2. The van der Waals surface area contributed by atoms with E-state index in [0.29, 0.717) is 24.3 Å². The SMILES string of the molecule is O=C(NCc1cccc(C(=O)N2CCCC2)c1)c1cccn1Cc1ccccc1. The van der Waals surface area contributed by atoms with Crippen LogP contribution in [0.1, 0.15) is 44.8 Å². The average molecular weight is 387 g/mol. The highest BCUT2D eigenvalue weighted by atomic mass is 16.2. The fourth-order valence-electron chi connectivity index (χ4n) is 3.73. The molecule has 1 fully saturated rings. The van der Waals surface area contributed by atoms with Gasteiger partial charge in [-0.25, -0.2) is 0 Å². The van der Waals surface area contributed by atoms with E-state index in [2.05, 4.69) is 5.32 Å². The summed E-state index contributed by atoms with van der Waals surface area (Å²) >= 11 is 0. The standard InChI is InChI=1S/C24H25N3O2/c28-23(22-12-7-15-27(22)18-19-8-2-1-3-9-19)25-17-20-10-6-11-21(16-20)24(29)26-13-4-5-14-26/h1-3,6-12,15-16H,4-5,13-14,17-18H2,(H,25,28). The molecule has 0 atom stereocenters. The largest absolute Gasteiger partial charge is 0.347 e. The van der Waals surface area contributed by atoms with Gasteiger partial charge in [0.2, 0.25) is 0 Å². The fourth-order valence-corrected chi connectivity index (χ4v) is 3.73. The van der Waals surface area contributed by atoms with Gasteiger partial charge in [-0.05, 0) is 48.2 Å². The lowest BCUT2D eigenvalue weighted by Crippen LogP contribution is -2.28. The molecular weight excluding hydrogens is 362 g/mol. The van der Waals surface area contributed by atoms with Gasteiger partial charge in [0.25, 0.3) is 11.8 Å². The van der Waals surface area contributed by atoms with Gasteiger partial charge in [-0.15, -0.1) is 0 Å². The number of hydrogen-bond acceptors (Lipinski definition) is 2. The molecular formula is C24H25N3O2. The topological polar surface area (TPSA) is 54.3 Å². The van der Waals surface area contributed by atoms with Gasteiger partial charge in [0, 0.05) is 37.9 Å². The second-order valence-electron chi connectivity index (χ2n) is 7.39. The lowest BCUT2D eigenvalue weighted by molar-refractivity contribution is 0.0792. The molecule has 2 heterocycles. The Morgan fingerprint density at radius 1 is 0.862 bits per heavy atom. The maximum absolute atomic E-state index is 12.7. The number of nitrogens with zero attached hydrogens (tertiary/aromatic N) is 2. The summed E-state index contributed by atoms with van der Waals surface area (Å²) in [6.07, 6.45) is 4.06. The zero-order chi connectivity index (χ0) is 20.1. The molecule has 1 saturated heterocycles. The quantitative estimate of drug-likeness (QED) is 0.701. The third kappa shape index (κ3) is 4.57. The summed E-state index contributed by atoms with van der Waals surface area (Å²) < 4.78 is 1.94. The molecule has 0 bridgehead atoms. The predicted octanol–water partition coefficient (Wildman–Crippen LogP) is 3.70. The van der Waals surface area contributed by atoms with Gasteiger partial charge in [0.1, 0.15) is 5.69 Å². The Labute approximate surface area is 171 Å². The van der Waals surface area contributed by atoms with E-state index in [9.17, 15) is 9.59 Å². The van der Waals surface area contributed by atoms with E-state index < -0.39 is 0 Å². The third-order valence-corrected chi connectivity index (χ3v) is 5.28. The zero-order valence-electron chi connectivity index (χ0n) is 16.4. The predicted molar refractivity (Wildman–Crippen MR) is 113 cm³/mol. The molecule has 1 aromatic heterocycles. The minimum atomic E-state index is -0.123. The first-order valence-corrected chi connectivity index (χ1v) is 10.1. The van der Waals surface area contributed by atoms with Gasteiger partial charge in [0.05, 0.1) is 0 Å². The summed E-state index contributed by atoms with van der Waals surface area (Å²) in [4.78, 5) is 27.2. The van der Waals surface area contributed by atoms with Crippen LogP contribution in [0.4, 0.5) is 0 Å². The number of carbonyl (C=O) groups excluding carboxylic acids is 2. The summed E-state index contributed by atoms with van der Waals surface area (Å²) in [5, 5.41) is 2.98. The van der Waals surface area contributed by atoms with Crippen molar-refractivity contribution in [2.45, 2.75) is 25.9 Å². The van der Waals surface area contributed by atoms with Crippen LogP contribution in [0.5, 0.6) is 0 Å². The Balaban J connectivity index is 1.40. The minimum absolute atomic E-state index is 0.0763. The molecule has 148 valence electrons. The first kappa shape index (κ1) is 19.0. The summed E-state index contributed by atoms with van der Waals surface area (Å²) in [7, 11) is 0. The zero-order valence-corrected chi connectivity index (χ0v) is 16.4. The van der Waals surface area contributed by atoms with Gasteiger partial charge in [-0.1, -0.05) is 42.5 Å². The van der Waals surface area contributed by atoms with Crippen molar-refractivity contribution in [1.29, 1.82) is 0 Å². The number of likely N-dealkylation sites (tertiary alicyclic amines) is 1. The number of benzene rings is 2.